The van der Waals surface area contributed by atoms with E-state index in [0.717, 1.165) is 79.3 Å². The van der Waals surface area contributed by atoms with Gasteiger partial charge < -0.3 is 4.74 Å². The second kappa shape index (κ2) is 11.8. The Balaban J connectivity index is 1.27. The molecule has 4 aromatic rings. The van der Waals surface area contributed by atoms with E-state index in [9.17, 15) is 14.9 Å². The van der Waals surface area contributed by atoms with Crippen LogP contribution in [0.1, 0.15) is 80.3 Å². The molecule has 0 aliphatic heterocycles. The summed E-state index contributed by atoms with van der Waals surface area (Å²) in [6.07, 6.45) is 8.92. The molecular formula is C33H35N5O3. The summed E-state index contributed by atoms with van der Waals surface area (Å²) >= 11 is 0. The molecule has 2 aliphatic carbocycles. The molecule has 41 heavy (non-hydrogen) atoms. The third kappa shape index (κ3) is 5.59. The third-order valence-corrected chi connectivity index (χ3v) is 8.51. The molecule has 2 fully saturated rings. The van der Waals surface area contributed by atoms with Crippen molar-refractivity contribution in [1.29, 1.82) is 5.26 Å². The lowest BCUT2D eigenvalue weighted by Crippen LogP contribution is -2.35. The lowest BCUT2D eigenvalue weighted by Gasteiger charge is -2.30. The van der Waals surface area contributed by atoms with Gasteiger partial charge in [0, 0.05) is 23.9 Å². The minimum absolute atomic E-state index is 0.00105. The third-order valence-electron chi connectivity index (χ3n) is 8.51. The van der Waals surface area contributed by atoms with Crippen molar-refractivity contribution in [2.75, 3.05) is 6.61 Å². The molecule has 0 spiro atoms. The molecule has 0 amide bonds. The van der Waals surface area contributed by atoms with E-state index in [0.29, 0.717) is 17.8 Å². The molecular weight excluding hydrogens is 514 g/mol. The van der Waals surface area contributed by atoms with E-state index in [4.69, 9.17) is 4.74 Å². The second-order valence-electron chi connectivity index (χ2n) is 11.3. The van der Waals surface area contributed by atoms with E-state index in [2.05, 4.69) is 23.1 Å². The average Bonchev–Trinajstić information content (AvgIpc) is 3.76. The van der Waals surface area contributed by atoms with Gasteiger partial charge in [-0.25, -0.2) is 4.52 Å². The van der Waals surface area contributed by atoms with Gasteiger partial charge in [0.25, 0.3) is 5.56 Å². The van der Waals surface area contributed by atoms with E-state index in [1.165, 1.54) is 6.33 Å². The molecule has 0 saturated heterocycles. The number of nitriles is 1. The summed E-state index contributed by atoms with van der Waals surface area (Å²) in [6.45, 7) is 2.32. The molecule has 2 aromatic carbocycles. The van der Waals surface area contributed by atoms with E-state index in [1.807, 2.05) is 57.6 Å². The quantitative estimate of drug-likeness (QED) is 0.261. The van der Waals surface area contributed by atoms with Gasteiger partial charge in [0.1, 0.15) is 12.9 Å². The van der Waals surface area contributed by atoms with E-state index in [1.54, 1.807) is 0 Å². The Kier molecular flexibility index (Phi) is 7.80. The standard InChI is InChI=1S/C33H35N5O3/c1-2-5-30-29(18-22-8-10-23(11-9-22)28-7-4-3-6-25(28)19-34)32(40)37(33-35-21-36-38(30)33)26-14-16-27(17-15-26)41-20-31(39)24-12-13-24/h3-4,6-11,21,24,26-27H,2,5,12-18,20H2,1H3/t26-,27-. The highest BCUT2D eigenvalue weighted by Crippen LogP contribution is 2.33. The minimum Gasteiger partial charge on any atom is -0.370 e. The summed E-state index contributed by atoms with van der Waals surface area (Å²) in [6, 6.07) is 18.0. The monoisotopic (exact) mass is 549 g/mol. The van der Waals surface area contributed by atoms with E-state index in [-0.39, 0.29) is 36.0 Å². The number of carbonyl (C=O) groups is 1. The number of Topliss-reactive ketones (excluding diaryl/α,β-unsaturated/α-hetero) is 1. The molecule has 0 unspecified atom stereocenters. The first kappa shape index (κ1) is 27.1. The molecule has 0 N–H and O–H groups in total. The molecule has 2 saturated carbocycles. The van der Waals surface area contributed by atoms with Crippen molar-refractivity contribution in [3.05, 3.63) is 87.6 Å². The topological polar surface area (TPSA) is 102 Å². The molecule has 8 heteroatoms. The van der Waals surface area contributed by atoms with Crippen molar-refractivity contribution in [3.8, 4) is 17.2 Å². The highest BCUT2D eigenvalue weighted by molar-refractivity contribution is 5.84. The molecule has 2 heterocycles. The van der Waals surface area contributed by atoms with Crippen LogP contribution in [0, 0.1) is 17.2 Å². The van der Waals surface area contributed by atoms with Gasteiger partial charge in [0.05, 0.1) is 23.4 Å². The highest BCUT2D eigenvalue weighted by atomic mass is 16.5. The van der Waals surface area contributed by atoms with Crippen molar-refractivity contribution in [1.82, 2.24) is 19.2 Å². The first-order valence-corrected chi connectivity index (χ1v) is 14.8. The summed E-state index contributed by atoms with van der Waals surface area (Å²) in [4.78, 5) is 30.8. The zero-order valence-electron chi connectivity index (χ0n) is 23.5. The van der Waals surface area contributed by atoms with Crippen molar-refractivity contribution in [3.63, 3.8) is 0 Å². The Morgan fingerprint density at radius 1 is 1.05 bits per heavy atom. The Hall–Kier alpha value is -4.09. The lowest BCUT2D eigenvalue weighted by atomic mass is 9.92. The van der Waals surface area contributed by atoms with Crippen LogP contribution in [-0.4, -0.2) is 37.7 Å². The summed E-state index contributed by atoms with van der Waals surface area (Å²) in [7, 11) is 0. The van der Waals surface area contributed by atoms with Gasteiger partial charge in [-0.1, -0.05) is 55.8 Å². The van der Waals surface area contributed by atoms with Gasteiger partial charge in [-0.15, -0.1) is 0 Å². The van der Waals surface area contributed by atoms with Crippen LogP contribution in [0.25, 0.3) is 16.9 Å². The normalized spacial score (nSPS) is 18.8. The summed E-state index contributed by atoms with van der Waals surface area (Å²) in [5, 5.41) is 14.1. The Morgan fingerprint density at radius 3 is 2.51 bits per heavy atom. The number of aromatic nitrogens is 4. The Bertz CT molecular complexity index is 1650. The number of rotatable bonds is 10. The molecule has 210 valence electrons. The van der Waals surface area contributed by atoms with Gasteiger partial charge in [-0.3, -0.25) is 14.2 Å². The van der Waals surface area contributed by atoms with Crippen LogP contribution >= 0.6 is 0 Å². The predicted octanol–water partition coefficient (Wildman–Crippen LogP) is 5.45. The smallest absolute Gasteiger partial charge is 0.259 e. The number of hydrogen-bond donors (Lipinski definition) is 0. The molecule has 0 atom stereocenters. The molecule has 0 bridgehead atoms. The maximum atomic E-state index is 14.2. The van der Waals surface area contributed by atoms with Gasteiger partial charge >= 0.3 is 0 Å². The first-order valence-electron chi connectivity index (χ1n) is 14.8. The molecule has 2 aliphatic rings. The van der Waals surface area contributed by atoms with Crippen molar-refractivity contribution in [2.24, 2.45) is 5.92 Å². The number of aryl methyl sites for hydroxylation is 1. The predicted molar refractivity (Wildman–Crippen MR) is 156 cm³/mol. The Labute approximate surface area is 239 Å². The molecule has 0 radical (unpaired) electrons. The second-order valence-corrected chi connectivity index (χ2v) is 11.3. The largest absolute Gasteiger partial charge is 0.370 e. The minimum atomic E-state index is 0.00105. The number of nitrogens with zero attached hydrogens (tertiary/aromatic N) is 5. The van der Waals surface area contributed by atoms with E-state index < -0.39 is 0 Å². The lowest BCUT2D eigenvalue weighted by molar-refractivity contribution is -0.127. The summed E-state index contributed by atoms with van der Waals surface area (Å²) in [5.74, 6) is 1.04. The van der Waals surface area contributed by atoms with Crippen LogP contribution in [-0.2, 0) is 22.4 Å². The fourth-order valence-electron chi connectivity index (χ4n) is 6.11. The number of fused-ring (bicyclic) bond motifs is 1. The molecule has 6 rings (SSSR count). The number of hydrogen-bond acceptors (Lipinski definition) is 6. The zero-order valence-corrected chi connectivity index (χ0v) is 23.5. The zero-order chi connectivity index (χ0) is 28.3. The van der Waals surface area contributed by atoms with Crippen molar-refractivity contribution < 1.29 is 9.53 Å². The van der Waals surface area contributed by atoms with Gasteiger partial charge in [0.2, 0.25) is 5.78 Å². The van der Waals surface area contributed by atoms with Crippen LogP contribution in [0.15, 0.2) is 59.7 Å². The summed E-state index contributed by atoms with van der Waals surface area (Å²) in [5.41, 5.74) is 5.21. The molecule has 8 nitrogen and oxygen atoms in total. The Morgan fingerprint density at radius 2 is 1.80 bits per heavy atom. The SMILES string of the molecule is CCCc1c(Cc2ccc(-c3ccccc3C#N)cc2)c(=O)n([C@H]2CC[C@H](OCC(=O)C3CC3)CC2)c2ncnn12. The van der Waals surface area contributed by atoms with Crippen molar-refractivity contribution in [2.45, 2.75) is 76.9 Å². The number of ketones is 1. The van der Waals surface area contributed by atoms with Crippen LogP contribution in [0.5, 0.6) is 0 Å². The molecule has 2 aromatic heterocycles. The van der Waals surface area contributed by atoms with Gasteiger partial charge in [-0.05, 0) is 67.7 Å². The van der Waals surface area contributed by atoms with Crippen molar-refractivity contribution >= 4 is 11.6 Å². The van der Waals surface area contributed by atoms with Crippen LogP contribution in [0.4, 0.5) is 0 Å². The van der Waals surface area contributed by atoms with Crippen LogP contribution < -0.4 is 5.56 Å². The van der Waals surface area contributed by atoms with Gasteiger partial charge in [-0.2, -0.15) is 15.3 Å². The highest BCUT2D eigenvalue weighted by Gasteiger charge is 2.32. The maximum Gasteiger partial charge on any atom is 0.259 e. The van der Waals surface area contributed by atoms with Gasteiger partial charge in [0.15, 0.2) is 5.78 Å². The summed E-state index contributed by atoms with van der Waals surface area (Å²) < 4.78 is 9.66. The number of carbonyl (C=O) groups excluding carboxylic acids is 1. The van der Waals surface area contributed by atoms with Crippen LogP contribution in [0.2, 0.25) is 0 Å². The fourth-order valence-corrected chi connectivity index (χ4v) is 6.11. The average molecular weight is 550 g/mol. The number of ether oxygens (including phenoxy) is 1. The first-order chi connectivity index (χ1) is 20.1. The number of benzene rings is 2. The van der Waals surface area contributed by atoms with Crippen LogP contribution in [0.3, 0.4) is 0 Å². The van der Waals surface area contributed by atoms with E-state index >= 15 is 0 Å². The fraction of sp³-hybridized carbons (Fsp3) is 0.424. The maximum absolute atomic E-state index is 14.2.